The van der Waals surface area contributed by atoms with Gasteiger partial charge < -0.3 is 9.64 Å². The summed E-state index contributed by atoms with van der Waals surface area (Å²) in [5, 5.41) is 8.65. The van der Waals surface area contributed by atoms with Crippen LogP contribution in [0.15, 0.2) is 28.7 Å². The van der Waals surface area contributed by atoms with Gasteiger partial charge in [0.1, 0.15) is 5.75 Å². The van der Waals surface area contributed by atoms with Crippen LogP contribution in [0.25, 0.3) is 0 Å². The number of nitriles is 1. The fourth-order valence-electron chi connectivity index (χ4n) is 1.57. The topological polar surface area (TPSA) is 53.3 Å². The maximum Gasteiger partial charge on any atom is 0.263 e. The van der Waals surface area contributed by atoms with E-state index in [1.807, 2.05) is 25.1 Å². The Kier molecular flexibility index (Phi) is 5.84. The van der Waals surface area contributed by atoms with Gasteiger partial charge in [-0.05, 0) is 32.0 Å². The molecule has 0 aliphatic carbocycles. The fourth-order valence-corrected chi connectivity index (χ4v) is 1.95. The van der Waals surface area contributed by atoms with Crippen LogP contribution in [0.3, 0.4) is 0 Å². The Morgan fingerprint density at radius 3 is 2.79 bits per heavy atom. The molecular weight excluding hydrogens is 308 g/mol. The smallest absolute Gasteiger partial charge is 0.263 e. The molecule has 0 aliphatic heterocycles. The van der Waals surface area contributed by atoms with E-state index in [1.165, 1.54) is 0 Å². The van der Waals surface area contributed by atoms with Crippen molar-refractivity contribution in [1.82, 2.24) is 4.90 Å². The summed E-state index contributed by atoms with van der Waals surface area (Å²) >= 11 is 3.35. The molecule has 1 rings (SSSR count). The van der Waals surface area contributed by atoms with Gasteiger partial charge in [0.2, 0.25) is 0 Å². The summed E-state index contributed by atoms with van der Waals surface area (Å²) in [6.45, 7) is 3.55. The third-order valence-electron chi connectivity index (χ3n) is 2.85. The molecule has 102 valence electrons. The number of hydrogen-bond donors (Lipinski definition) is 0. The molecule has 0 aliphatic rings. The summed E-state index contributed by atoms with van der Waals surface area (Å²) in [5.74, 6) is 0.499. The van der Waals surface area contributed by atoms with E-state index < -0.39 is 6.10 Å². The molecule has 0 aromatic heterocycles. The molecule has 1 aromatic rings. The highest BCUT2D eigenvalue weighted by molar-refractivity contribution is 9.10. The zero-order valence-electron chi connectivity index (χ0n) is 11.3. The number of ether oxygens (including phenoxy) is 1. The van der Waals surface area contributed by atoms with E-state index in [4.69, 9.17) is 10.00 Å². The predicted molar refractivity (Wildman–Crippen MR) is 76.7 cm³/mol. The number of amides is 1. The second-order valence-corrected chi connectivity index (χ2v) is 5.29. The van der Waals surface area contributed by atoms with Crippen LogP contribution in [0, 0.1) is 11.3 Å². The van der Waals surface area contributed by atoms with Gasteiger partial charge in [0.25, 0.3) is 5.91 Å². The first-order valence-corrected chi connectivity index (χ1v) is 6.81. The number of hydrogen-bond acceptors (Lipinski definition) is 3. The van der Waals surface area contributed by atoms with Gasteiger partial charge in [-0.15, -0.1) is 0 Å². The van der Waals surface area contributed by atoms with Crippen molar-refractivity contribution >= 4 is 21.8 Å². The van der Waals surface area contributed by atoms with Crippen LogP contribution < -0.4 is 4.74 Å². The Labute approximate surface area is 122 Å². The lowest BCUT2D eigenvalue weighted by molar-refractivity contribution is -0.138. The second-order valence-electron chi connectivity index (χ2n) is 4.38. The highest BCUT2D eigenvalue weighted by Crippen LogP contribution is 2.19. The van der Waals surface area contributed by atoms with Gasteiger partial charge in [-0.3, -0.25) is 4.79 Å². The summed E-state index contributed by atoms with van der Waals surface area (Å²) in [5.41, 5.74) is 0. The van der Waals surface area contributed by atoms with Gasteiger partial charge in [-0.25, -0.2) is 0 Å². The van der Waals surface area contributed by atoms with Crippen molar-refractivity contribution < 1.29 is 9.53 Å². The lowest BCUT2D eigenvalue weighted by Crippen LogP contribution is -2.42. The largest absolute Gasteiger partial charge is 0.481 e. The molecule has 4 nitrogen and oxygen atoms in total. The molecule has 0 unspecified atom stereocenters. The Balaban J connectivity index is 2.65. The molecule has 19 heavy (non-hydrogen) atoms. The Bertz CT molecular complexity index is 485. The molecule has 1 amide bonds. The zero-order chi connectivity index (χ0) is 14.4. The van der Waals surface area contributed by atoms with E-state index in [0.29, 0.717) is 12.2 Å². The average molecular weight is 325 g/mol. The molecule has 5 heteroatoms. The lowest BCUT2D eigenvalue weighted by Gasteiger charge is -2.26. The van der Waals surface area contributed by atoms with Crippen molar-refractivity contribution in [3.63, 3.8) is 0 Å². The van der Waals surface area contributed by atoms with E-state index in [1.54, 1.807) is 24.9 Å². The minimum absolute atomic E-state index is 0.119. The quantitative estimate of drug-likeness (QED) is 0.836. The van der Waals surface area contributed by atoms with Gasteiger partial charge in [0.15, 0.2) is 6.10 Å². The monoisotopic (exact) mass is 324 g/mol. The van der Waals surface area contributed by atoms with E-state index >= 15 is 0 Å². The van der Waals surface area contributed by atoms with E-state index in [0.717, 1.165) is 4.47 Å². The van der Waals surface area contributed by atoms with Crippen LogP contribution in [0.2, 0.25) is 0 Å². The minimum Gasteiger partial charge on any atom is -0.481 e. The molecule has 0 heterocycles. The van der Waals surface area contributed by atoms with Gasteiger partial charge >= 0.3 is 0 Å². The van der Waals surface area contributed by atoms with Crippen LogP contribution in [0.4, 0.5) is 0 Å². The minimum atomic E-state index is -0.583. The molecule has 0 saturated carbocycles. The summed E-state index contributed by atoms with van der Waals surface area (Å²) in [6, 6.07) is 9.28. The Hall–Kier alpha value is -1.54. The van der Waals surface area contributed by atoms with Crippen LogP contribution in [-0.4, -0.2) is 30.0 Å². The van der Waals surface area contributed by atoms with Gasteiger partial charge in [0, 0.05) is 17.6 Å². The molecule has 1 aromatic carbocycles. The first kappa shape index (κ1) is 15.5. The van der Waals surface area contributed by atoms with Crippen molar-refractivity contribution in [2.45, 2.75) is 32.4 Å². The number of carbonyl (C=O) groups is 1. The normalized spacial score (nSPS) is 13.2. The number of rotatable bonds is 5. The van der Waals surface area contributed by atoms with Gasteiger partial charge in [-0.2, -0.15) is 5.26 Å². The highest BCUT2D eigenvalue weighted by Gasteiger charge is 2.22. The molecule has 0 spiro atoms. The van der Waals surface area contributed by atoms with Crippen LogP contribution >= 0.6 is 15.9 Å². The number of nitrogens with zero attached hydrogens (tertiary/aromatic N) is 2. The first-order valence-electron chi connectivity index (χ1n) is 6.01. The molecule has 0 N–H and O–H groups in total. The average Bonchev–Trinajstić information content (AvgIpc) is 2.37. The summed E-state index contributed by atoms with van der Waals surface area (Å²) in [7, 11) is 1.69. The standard InChI is InChI=1S/C14H17BrN2O2/c1-10(7-8-16)17(3)14(18)11(2)19-13-6-4-5-12(15)9-13/h4-6,9-11H,7H2,1-3H3/t10-,11-/m0/s1. The molecule has 0 fully saturated rings. The fraction of sp³-hybridized carbons (Fsp3) is 0.429. The lowest BCUT2D eigenvalue weighted by atomic mass is 10.2. The molecule has 0 radical (unpaired) electrons. The van der Waals surface area contributed by atoms with E-state index in [9.17, 15) is 4.79 Å². The van der Waals surface area contributed by atoms with E-state index in [2.05, 4.69) is 22.0 Å². The maximum absolute atomic E-state index is 12.1. The van der Waals surface area contributed by atoms with Crippen molar-refractivity contribution in [2.75, 3.05) is 7.05 Å². The van der Waals surface area contributed by atoms with Crippen molar-refractivity contribution in [3.05, 3.63) is 28.7 Å². The number of halogens is 1. The third kappa shape index (κ3) is 4.56. The van der Waals surface area contributed by atoms with Crippen molar-refractivity contribution in [3.8, 4) is 11.8 Å². The van der Waals surface area contributed by atoms with E-state index in [-0.39, 0.29) is 11.9 Å². The van der Waals surface area contributed by atoms with Gasteiger partial charge in [0.05, 0.1) is 12.5 Å². The summed E-state index contributed by atoms with van der Waals surface area (Å²) < 4.78 is 6.50. The Morgan fingerprint density at radius 2 is 2.21 bits per heavy atom. The molecular formula is C14H17BrN2O2. The summed E-state index contributed by atoms with van der Waals surface area (Å²) in [6.07, 6.45) is -0.272. The highest BCUT2D eigenvalue weighted by atomic mass is 79.9. The molecule has 0 bridgehead atoms. The Morgan fingerprint density at radius 1 is 1.53 bits per heavy atom. The zero-order valence-corrected chi connectivity index (χ0v) is 12.8. The van der Waals surface area contributed by atoms with Crippen molar-refractivity contribution in [2.24, 2.45) is 0 Å². The first-order chi connectivity index (χ1) is 8.95. The predicted octanol–water partition coefficient (Wildman–Crippen LogP) is 2.98. The SMILES string of the molecule is C[C@H](Oc1cccc(Br)c1)C(=O)N(C)[C@@H](C)CC#N. The van der Waals surface area contributed by atoms with Crippen LogP contribution in [0.1, 0.15) is 20.3 Å². The van der Waals surface area contributed by atoms with Crippen LogP contribution in [0.5, 0.6) is 5.75 Å². The summed E-state index contributed by atoms with van der Waals surface area (Å²) in [4.78, 5) is 13.7. The number of likely N-dealkylation sites (N-methyl/N-ethyl adjacent to an activating group) is 1. The van der Waals surface area contributed by atoms with Gasteiger partial charge in [-0.1, -0.05) is 22.0 Å². The molecule has 0 saturated heterocycles. The van der Waals surface area contributed by atoms with Crippen LogP contribution in [-0.2, 0) is 4.79 Å². The molecule has 2 atom stereocenters. The maximum atomic E-state index is 12.1. The van der Waals surface area contributed by atoms with Crippen molar-refractivity contribution in [1.29, 1.82) is 5.26 Å². The second kappa shape index (κ2) is 7.15. The number of benzene rings is 1. The third-order valence-corrected chi connectivity index (χ3v) is 3.35. The number of carbonyl (C=O) groups excluding carboxylic acids is 1.